The Labute approximate surface area is 138 Å². The molecule has 0 aliphatic rings. The second-order valence-corrected chi connectivity index (χ2v) is 6.00. The topological polar surface area (TPSA) is 41.6 Å². The van der Waals surface area contributed by atoms with E-state index in [4.69, 9.17) is 4.74 Å². The number of hydrogen-bond donors (Lipinski definition) is 1. The third-order valence-corrected chi connectivity index (χ3v) is 3.43. The molecular formula is C19H24N2O2. The lowest BCUT2D eigenvalue weighted by atomic mass is 10.1. The summed E-state index contributed by atoms with van der Waals surface area (Å²) < 4.78 is 5.96. The molecule has 1 amide bonds. The lowest BCUT2D eigenvalue weighted by Crippen LogP contribution is -2.27. The molecule has 0 bridgehead atoms. The number of likely N-dealkylation sites (N-methyl/N-ethyl adjacent to an activating group) is 1. The number of nitrogens with zero attached hydrogens (tertiary/aromatic N) is 1. The summed E-state index contributed by atoms with van der Waals surface area (Å²) in [4.78, 5) is 13.7. The molecule has 122 valence electrons. The van der Waals surface area contributed by atoms with Crippen LogP contribution < -0.4 is 10.1 Å². The summed E-state index contributed by atoms with van der Waals surface area (Å²) in [6.45, 7) is 4.89. The first kappa shape index (κ1) is 17.0. The van der Waals surface area contributed by atoms with Gasteiger partial charge < -0.3 is 15.0 Å². The van der Waals surface area contributed by atoms with Crippen LogP contribution in [0, 0.1) is 13.8 Å². The van der Waals surface area contributed by atoms with Gasteiger partial charge >= 0.3 is 0 Å². The molecule has 2 aromatic rings. The first-order valence-corrected chi connectivity index (χ1v) is 7.68. The van der Waals surface area contributed by atoms with Crippen LogP contribution in [-0.2, 0) is 11.4 Å². The summed E-state index contributed by atoms with van der Waals surface area (Å²) >= 11 is 0. The standard InChI is InChI=1S/C19H24N2O2/c1-14-10-17(20-18(22)12-21(3)4)11-15(2)19(14)23-13-16-8-6-5-7-9-16/h5-11H,12-13H2,1-4H3,(H,20,22). The number of carbonyl (C=O) groups is 1. The molecule has 0 aromatic heterocycles. The molecule has 1 N–H and O–H groups in total. The van der Waals surface area contributed by atoms with Gasteiger partial charge in [-0.05, 0) is 56.8 Å². The van der Waals surface area contributed by atoms with Crippen LogP contribution in [-0.4, -0.2) is 31.4 Å². The molecule has 0 atom stereocenters. The molecule has 2 rings (SSSR count). The van der Waals surface area contributed by atoms with Gasteiger partial charge in [-0.1, -0.05) is 30.3 Å². The molecule has 0 unspecified atom stereocenters. The van der Waals surface area contributed by atoms with E-state index < -0.39 is 0 Å². The molecular weight excluding hydrogens is 288 g/mol. The maximum Gasteiger partial charge on any atom is 0.238 e. The third-order valence-electron chi connectivity index (χ3n) is 3.43. The van der Waals surface area contributed by atoms with E-state index in [1.54, 1.807) is 0 Å². The summed E-state index contributed by atoms with van der Waals surface area (Å²) in [5.41, 5.74) is 3.97. The minimum Gasteiger partial charge on any atom is -0.488 e. The molecule has 2 aromatic carbocycles. The van der Waals surface area contributed by atoms with Crippen LogP contribution in [0.4, 0.5) is 5.69 Å². The van der Waals surface area contributed by atoms with Gasteiger partial charge in [-0.2, -0.15) is 0 Å². The van der Waals surface area contributed by atoms with Gasteiger partial charge in [-0.25, -0.2) is 0 Å². The SMILES string of the molecule is Cc1cc(NC(=O)CN(C)C)cc(C)c1OCc1ccccc1. The van der Waals surface area contributed by atoms with E-state index in [0.29, 0.717) is 13.2 Å². The predicted octanol–water partition coefficient (Wildman–Crippen LogP) is 3.38. The fourth-order valence-corrected chi connectivity index (χ4v) is 2.47. The molecule has 0 aliphatic heterocycles. The maximum absolute atomic E-state index is 11.9. The molecule has 0 saturated heterocycles. The zero-order valence-electron chi connectivity index (χ0n) is 14.2. The molecule has 4 nitrogen and oxygen atoms in total. The molecule has 0 saturated carbocycles. The van der Waals surface area contributed by atoms with Crippen molar-refractivity contribution in [1.29, 1.82) is 0 Å². The van der Waals surface area contributed by atoms with Gasteiger partial charge in [-0.15, -0.1) is 0 Å². The fourth-order valence-electron chi connectivity index (χ4n) is 2.47. The van der Waals surface area contributed by atoms with Crippen molar-refractivity contribution in [3.63, 3.8) is 0 Å². The first-order chi connectivity index (χ1) is 11.0. The number of ether oxygens (including phenoxy) is 1. The average Bonchev–Trinajstić information content (AvgIpc) is 2.46. The number of benzene rings is 2. The van der Waals surface area contributed by atoms with Crippen molar-refractivity contribution in [3.8, 4) is 5.75 Å². The van der Waals surface area contributed by atoms with Gasteiger partial charge in [0, 0.05) is 5.69 Å². The summed E-state index contributed by atoms with van der Waals surface area (Å²) in [6.07, 6.45) is 0. The van der Waals surface area contributed by atoms with E-state index >= 15 is 0 Å². The number of amides is 1. The molecule has 23 heavy (non-hydrogen) atoms. The first-order valence-electron chi connectivity index (χ1n) is 7.68. The van der Waals surface area contributed by atoms with Gasteiger partial charge in [0.15, 0.2) is 0 Å². The van der Waals surface area contributed by atoms with E-state index in [1.807, 2.05) is 75.3 Å². The Balaban J connectivity index is 2.06. The highest BCUT2D eigenvalue weighted by Gasteiger charge is 2.09. The van der Waals surface area contributed by atoms with Crippen LogP contribution in [0.2, 0.25) is 0 Å². The molecule has 0 heterocycles. The summed E-state index contributed by atoms with van der Waals surface area (Å²) in [6, 6.07) is 14.0. The van der Waals surface area contributed by atoms with Gasteiger partial charge in [-0.3, -0.25) is 4.79 Å². The number of carbonyl (C=O) groups excluding carboxylic acids is 1. The second-order valence-electron chi connectivity index (χ2n) is 6.00. The summed E-state index contributed by atoms with van der Waals surface area (Å²) in [5, 5.41) is 2.92. The van der Waals surface area contributed by atoms with Crippen LogP contribution in [0.5, 0.6) is 5.75 Å². The van der Waals surface area contributed by atoms with E-state index in [0.717, 1.165) is 28.1 Å². The molecule has 0 spiro atoms. The number of hydrogen-bond acceptors (Lipinski definition) is 3. The highest BCUT2D eigenvalue weighted by Crippen LogP contribution is 2.28. The molecule has 4 heteroatoms. The van der Waals surface area contributed by atoms with Gasteiger partial charge in [0.2, 0.25) is 5.91 Å². The van der Waals surface area contributed by atoms with Crippen molar-refractivity contribution in [2.24, 2.45) is 0 Å². The van der Waals surface area contributed by atoms with Crippen LogP contribution in [0.15, 0.2) is 42.5 Å². The monoisotopic (exact) mass is 312 g/mol. The summed E-state index contributed by atoms with van der Waals surface area (Å²) in [7, 11) is 3.74. The minimum atomic E-state index is -0.0215. The zero-order valence-corrected chi connectivity index (χ0v) is 14.2. The number of nitrogens with one attached hydrogen (secondary N) is 1. The predicted molar refractivity (Wildman–Crippen MR) is 93.9 cm³/mol. The van der Waals surface area contributed by atoms with Crippen molar-refractivity contribution >= 4 is 11.6 Å². The average molecular weight is 312 g/mol. The van der Waals surface area contributed by atoms with Crippen LogP contribution in [0.3, 0.4) is 0 Å². The molecule has 0 fully saturated rings. The lowest BCUT2D eigenvalue weighted by Gasteiger charge is -2.15. The number of rotatable bonds is 6. The van der Waals surface area contributed by atoms with Crippen LogP contribution >= 0.6 is 0 Å². The summed E-state index contributed by atoms with van der Waals surface area (Å²) in [5.74, 6) is 0.853. The lowest BCUT2D eigenvalue weighted by molar-refractivity contribution is -0.116. The van der Waals surface area contributed by atoms with Crippen LogP contribution in [0.1, 0.15) is 16.7 Å². The van der Waals surface area contributed by atoms with E-state index in [-0.39, 0.29) is 5.91 Å². The fraction of sp³-hybridized carbons (Fsp3) is 0.316. The third kappa shape index (κ3) is 5.11. The Morgan fingerprint density at radius 1 is 1.09 bits per heavy atom. The normalized spacial score (nSPS) is 10.7. The highest BCUT2D eigenvalue weighted by atomic mass is 16.5. The Hall–Kier alpha value is -2.33. The van der Waals surface area contributed by atoms with Gasteiger partial charge in [0.05, 0.1) is 6.54 Å². The minimum absolute atomic E-state index is 0.0215. The maximum atomic E-state index is 11.9. The van der Waals surface area contributed by atoms with E-state index in [9.17, 15) is 4.79 Å². The Morgan fingerprint density at radius 2 is 1.70 bits per heavy atom. The second kappa shape index (κ2) is 7.79. The van der Waals surface area contributed by atoms with Crippen molar-refractivity contribution in [2.75, 3.05) is 26.0 Å². The Bertz CT molecular complexity index is 643. The van der Waals surface area contributed by atoms with Gasteiger partial charge in [0.1, 0.15) is 12.4 Å². The zero-order chi connectivity index (χ0) is 16.8. The quantitative estimate of drug-likeness (QED) is 0.889. The smallest absolute Gasteiger partial charge is 0.238 e. The Morgan fingerprint density at radius 3 is 2.26 bits per heavy atom. The number of anilines is 1. The largest absolute Gasteiger partial charge is 0.488 e. The Kier molecular flexibility index (Phi) is 5.77. The van der Waals surface area contributed by atoms with E-state index in [1.165, 1.54) is 0 Å². The highest BCUT2D eigenvalue weighted by molar-refractivity contribution is 5.92. The number of aryl methyl sites for hydroxylation is 2. The van der Waals surface area contributed by atoms with Crippen LogP contribution in [0.25, 0.3) is 0 Å². The van der Waals surface area contributed by atoms with Crippen molar-refractivity contribution in [3.05, 3.63) is 59.2 Å². The van der Waals surface area contributed by atoms with Gasteiger partial charge in [0.25, 0.3) is 0 Å². The molecule has 0 radical (unpaired) electrons. The van der Waals surface area contributed by atoms with E-state index in [2.05, 4.69) is 5.32 Å². The van der Waals surface area contributed by atoms with Crippen molar-refractivity contribution < 1.29 is 9.53 Å². The van der Waals surface area contributed by atoms with Crippen molar-refractivity contribution in [1.82, 2.24) is 4.90 Å². The molecule has 0 aliphatic carbocycles. The van der Waals surface area contributed by atoms with Crippen molar-refractivity contribution in [2.45, 2.75) is 20.5 Å².